The number of nitrogens with zero attached hydrogens (tertiary/aromatic N) is 1. The van der Waals surface area contributed by atoms with Crippen LogP contribution in [-0.2, 0) is 13.2 Å². The Balaban J connectivity index is 1.77. The third-order valence-electron chi connectivity index (χ3n) is 4.55. The summed E-state index contributed by atoms with van der Waals surface area (Å²) in [6.07, 6.45) is 0. The number of rotatable bonds is 4. The standard InChI is InChI=1S/C20H17NO3/c1-24-15-8-5-13(6-9-15)11-21-18-4-2-3-16-14(12-22)7-10-17(19(16)18)20(21)23/h2-10,22H,11-12H2,1H3. The molecular weight excluding hydrogens is 302 g/mol. The van der Waals surface area contributed by atoms with Gasteiger partial charge in [-0.2, -0.15) is 0 Å². The van der Waals surface area contributed by atoms with Gasteiger partial charge < -0.3 is 14.7 Å². The Kier molecular flexibility index (Phi) is 3.47. The fourth-order valence-corrected chi connectivity index (χ4v) is 3.31. The molecule has 3 aromatic carbocycles. The molecule has 3 aromatic rings. The van der Waals surface area contributed by atoms with Gasteiger partial charge in [0.25, 0.3) is 5.91 Å². The van der Waals surface area contributed by atoms with Gasteiger partial charge in [0, 0.05) is 10.9 Å². The number of hydrogen-bond donors (Lipinski definition) is 1. The Morgan fingerprint density at radius 2 is 1.83 bits per heavy atom. The monoisotopic (exact) mass is 319 g/mol. The maximum atomic E-state index is 12.8. The van der Waals surface area contributed by atoms with Crippen molar-refractivity contribution in [3.8, 4) is 5.75 Å². The maximum Gasteiger partial charge on any atom is 0.259 e. The molecule has 0 saturated heterocycles. The Bertz CT molecular complexity index is 932. The van der Waals surface area contributed by atoms with Gasteiger partial charge in [-0.05, 0) is 40.8 Å². The van der Waals surface area contributed by atoms with Gasteiger partial charge in [-0.25, -0.2) is 0 Å². The highest BCUT2D eigenvalue weighted by molar-refractivity contribution is 6.25. The van der Waals surface area contributed by atoms with E-state index in [1.54, 1.807) is 12.0 Å². The Labute approximate surface area is 139 Å². The van der Waals surface area contributed by atoms with E-state index in [-0.39, 0.29) is 12.5 Å². The second-order valence-electron chi connectivity index (χ2n) is 5.87. The van der Waals surface area contributed by atoms with Crippen LogP contribution in [0.1, 0.15) is 21.5 Å². The van der Waals surface area contributed by atoms with Crippen LogP contribution in [0.4, 0.5) is 5.69 Å². The minimum absolute atomic E-state index is 0.00140. The van der Waals surface area contributed by atoms with Crippen molar-refractivity contribution in [2.24, 2.45) is 0 Å². The largest absolute Gasteiger partial charge is 0.497 e. The average Bonchev–Trinajstić information content (AvgIpc) is 2.90. The number of carbonyl (C=O) groups excluding carboxylic acids is 1. The van der Waals surface area contributed by atoms with Crippen LogP contribution in [0.5, 0.6) is 5.75 Å². The molecule has 1 aliphatic heterocycles. The number of amides is 1. The molecule has 4 nitrogen and oxygen atoms in total. The number of methoxy groups -OCH3 is 1. The van der Waals surface area contributed by atoms with Gasteiger partial charge in [-0.15, -0.1) is 0 Å². The van der Waals surface area contributed by atoms with E-state index in [0.29, 0.717) is 12.1 Å². The van der Waals surface area contributed by atoms with E-state index in [1.165, 1.54) is 0 Å². The summed E-state index contributed by atoms with van der Waals surface area (Å²) >= 11 is 0. The molecule has 0 atom stereocenters. The van der Waals surface area contributed by atoms with Crippen LogP contribution >= 0.6 is 0 Å². The summed E-state index contributed by atoms with van der Waals surface area (Å²) in [5.41, 5.74) is 3.48. The van der Waals surface area contributed by atoms with E-state index in [4.69, 9.17) is 4.74 Å². The topological polar surface area (TPSA) is 49.8 Å². The molecule has 0 bridgehead atoms. The molecule has 4 heteroatoms. The van der Waals surface area contributed by atoms with Crippen LogP contribution in [0.15, 0.2) is 54.6 Å². The Morgan fingerprint density at radius 3 is 2.54 bits per heavy atom. The lowest BCUT2D eigenvalue weighted by Crippen LogP contribution is -2.25. The molecule has 0 saturated carbocycles. The molecule has 0 fully saturated rings. The number of carbonyl (C=O) groups is 1. The summed E-state index contributed by atoms with van der Waals surface area (Å²) in [5.74, 6) is 0.797. The second-order valence-corrected chi connectivity index (χ2v) is 5.87. The predicted molar refractivity (Wildman–Crippen MR) is 93.4 cm³/mol. The minimum atomic E-state index is -0.0348. The average molecular weight is 319 g/mol. The van der Waals surface area contributed by atoms with Crippen molar-refractivity contribution < 1.29 is 14.6 Å². The first-order chi connectivity index (χ1) is 11.7. The zero-order valence-electron chi connectivity index (χ0n) is 13.3. The van der Waals surface area contributed by atoms with Crippen molar-refractivity contribution in [1.82, 2.24) is 0 Å². The summed E-state index contributed by atoms with van der Waals surface area (Å²) < 4.78 is 5.18. The first kappa shape index (κ1) is 14.7. The highest BCUT2D eigenvalue weighted by Crippen LogP contribution is 2.39. The van der Waals surface area contributed by atoms with Gasteiger partial charge in [0.2, 0.25) is 0 Å². The zero-order chi connectivity index (χ0) is 16.7. The van der Waals surface area contributed by atoms with Crippen molar-refractivity contribution in [3.63, 3.8) is 0 Å². The Hall–Kier alpha value is -2.85. The van der Waals surface area contributed by atoms with Crippen molar-refractivity contribution >= 4 is 22.4 Å². The van der Waals surface area contributed by atoms with Crippen LogP contribution < -0.4 is 9.64 Å². The van der Waals surface area contributed by atoms with Crippen molar-refractivity contribution in [1.29, 1.82) is 0 Å². The molecule has 4 rings (SSSR count). The van der Waals surface area contributed by atoms with E-state index in [2.05, 4.69) is 0 Å². The fourth-order valence-electron chi connectivity index (χ4n) is 3.31. The quantitative estimate of drug-likeness (QED) is 0.801. The van der Waals surface area contributed by atoms with Crippen LogP contribution in [0.2, 0.25) is 0 Å². The van der Waals surface area contributed by atoms with E-state index < -0.39 is 0 Å². The van der Waals surface area contributed by atoms with Crippen LogP contribution in [0.3, 0.4) is 0 Å². The van der Waals surface area contributed by atoms with E-state index >= 15 is 0 Å². The lowest BCUT2D eigenvalue weighted by atomic mass is 10.0. The summed E-state index contributed by atoms with van der Waals surface area (Å²) in [6, 6.07) is 17.2. The normalized spacial score (nSPS) is 12.9. The summed E-state index contributed by atoms with van der Waals surface area (Å²) in [6.45, 7) is 0.470. The van der Waals surface area contributed by atoms with Crippen molar-refractivity contribution in [2.75, 3.05) is 12.0 Å². The third kappa shape index (κ3) is 2.15. The van der Waals surface area contributed by atoms with Crippen molar-refractivity contribution in [2.45, 2.75) is 13.2 Å². The predicted octanol–water partition coefficient (Wildman–Crippen LogP) is 3.50. The first-order valence-corrected chi connectivity index (χ1v) is 7.83. The van der Waals surface area contributed by atoms with Gasteiger partial charge in [0.15, 0.2) is 0 Å². The molecule has 0 radical (unpaired) electrons. The summed E-state index contributed by atoms with van der Waals surface area (Å²) in [7, 11) is 1.63. The molecule has 1 heterocycles. The van der Waals surface area contributed by atoms with E-state index in [9.17, 15) is 9.90 Å². The Morgan fingerprint density at radius 1 is 1.04 bits per heavy atom. The summed E-state index contributed by atoms with van der Waals surface area (Å²) in [4.78, 5) is 14.6. The van der Waals surface area contributed by atoms with Gasteiger partial charge in [0.1, 0.15) is 5.75 Å². The number of benzene rings is 3. The lowest BCUT2D eigenvalue weighted by Gasteiger charge is -2.18. The highest BCUT2D eigenvalue weighted by atomic mass is 16.5. The highest BCUT2D eigenvalue weighted by Gasteiger charge is 2.30. The van der Waals surface area contributed by atoms with E-state index in [0.717, 1.165) is 33.3 Å². The molecule has 1 N–H and O–H groups in total. The molecule has 0 unspecified atom stereocenters. The maximum absolute atomic E-state index is 12.8. The third-order valence-corrected chi connectivity index (χ3v) is 4.55. The van der Waals surface area contributed by atoms with Crippen LogP contribution in [0, 0.1) is 0 Å². The van der Waals surface area contributed by atoms with Gasteiger partial charge in [-0.3, -0.25) is 4.79 Å². The number of anilines is 1. The molecule has 0 aliphatic carbocycles. The molecule has 24 heavy (non-hydrogen) atoms. The minimum Gasteiger partial charge on any atom is -0.497 e. The first-order valence-electron chi connectivity index (χ1n) is 7.83. The fraction of sp³-hybridized carbons (Fsp3) is 0.150. The summed E-state index contributed by atoms with van der Waals surface area (Å²) in [5, 5.41) is 11.4. The molecule has 120 valence electrons. The molecule has 1 amide bonds. The zero-order valence-corrected chi connectivity index (χ0v) is 13.3. The lowest BCUT2D eigenvalue weighted by molar-refractivity contribution is 0.0991. The molecule has 1 aliphatic rings. The van der Waals surface area contributed by atoms with E-state index in [1.807, 2.05) is 54.6 Å². The SMILES string of the molecule is COc1ccc(CN2C(=O)c3ccc(CO)c4cccc2c34)cc1. The van der Waals surface area contributed by atoms with Gasteiger partial charge in [0.05, 0.1) is 25.9 Å². The molecule has 0 aromatic heterocycles. The van der Waals surface area contributed by atoms with Gasteiger partial charge >= 0.3 is 0 Å². The van der Waals surface area contributed by atoms with Crippen molar-refractivity contribution in [3.05, 3.63) is 71.3 Å². The molecule has 0 spiro atoms. The smallest absolute Gasteiger partial charge is 0.259 e. The van der Waals surface area contributed by atoms with Gasteiger partial charge in [-0.1, -0.05) is 30.3 Å². The number of aliphatic hydroxyl groups excluding tert-OH is 1. The second kappa shape index (κ2) is 5.65. The number of hydrogen-bond acceptors (Lipinski definition) is 3. The van der Waals surface area contributed by atoms with Crippen LogP contribution in [-0.4, -0.2) is 18.1 Å². The number of aliphatic hydroxyl groups is 1. The molecular formula is C20H17NO3. The van der Waals surface area contributed by atoms with Crippen LogP contribution in [0.25, 0.3) is 10.8 Å². The number of ether oxygens (including phenoxy) is 1.